The maximum Gasteiger partial charge on any atom is 0.237 e. The highest BCUT2D eigenvalue weighted by molar-refractivity contribution is 7.92. The highest BCUT2D eigenvalue weighted by Crippen LogP contribution is 2.23. The van der Waals surface area contributed by atoms with E-state index in [2.05, 4.69) is 9.55 Å². The van der Waals surface area contributed by atoms with Crippen molar-refractivity contribution in [1.82, 2.24) is 14.5 Å². The third-order valence-corrected chi connectivity index (χ3v) is 6.13. The van der Waals surface area contributed by atoms with E-state index in [-0.39, 0.29) is 17.7 Å². The Hall–Kier alpha value is -1.37. The first-order valence-electron chi connectivity index (χ1n) is 7.30. The average Bonchev–Trinajstić information content (AvgIpc) is 2.84. The van der Waals surface area contributed by atoms with Gasteiger partial charge in [-0.3, -0.25) is 4.79 Å². The summed E-state index contributed by atoms with van der Waals surface area (Å²) in [5.41, 5.74) is 0. The molecular weight excluding hydrogens is 290 g/mol. The molecule has 1 aliphatic heterocycles. The summed E-state index contributed by atoms with van der Waals surface area (Å²) in [6, 6.07) is 0.187. The summed E-state index contributed by atoms with van der Waals surface area (Å²) in [6.45, 7) is 6.34. The Kier molecular flexibility index (Phi) is 4.70. The van der Waals surface area contributed by atoms with E-state index in [0.29, 0.717) is 13.1 Å². The molecule has 2 rings (SSSR count). The molecule has 0 aromatic carbocycles. The summed E-state index contributed by atoms with van der Waals surface area (Å²) >= 11 is 0. The molecule has 118 valence electrons. The van der Waals surface area contributed by atoms with E-state index in [9.17, 15) is 13.2 Å². The molecule has 1 aromatic heterocycles. The molecule has 0 aliphatic carbocycles. The van der Waals surface area contributed by atoms with Gasteiger partial charge in [-0.15, -0.1) is 0 Å². The standard InChI is InChI=1S/C14H23N3O3S/c1-11(2)21(19,20)10-14(18)16-7-4-5-13(9-16)17-8-6-15-12(17)3/h6,8,11,13H,4-5,7,9-10H2,1-3H3/t13-/m1/s1. The number of carbonyl (C=O) groups is 1. The van der Waals surface area contributed by atoms with Crippen LogP contribution < -0.4 is 0 Å². The molecule has 0 N–H and O–H groups in total. The zero-order valence-electron chi connectivity index (χ0n) is 12.8. The Bertz CT molecular complexity index is 607. The summed E-state index contributed by atoms with van der Waals surface area (Å²) in [4.78, 5) is 18.1. The molecule has 7 heteroatoms. The highest BCUT2D eigenvalue weighted by atomic mass is 32.2. The normalized spacial score (nSPS) is 20.0. The van der Waals surface area contributed by atoms with Gasteiger partial charge < -0.3 is 9.47 Å². The van der Waals surface area contributed by atoms with Crippen LogP contribution in [0, 0.1) is 6.92 Å². The number of carbonyl (C=O) groups excluding carboxylic acids is 1. The van der Waals surface area contributed by atoms with Crippen LogP contribution in [0.25, 0.3) is 0 Å². The number of rotatable bonds is 4. The van der Waals surface area contributed by atoms with Gasteiger partial charge in [0.15, 0.2) is 9.84 Å². The van der Waals surface area contributed by atoms with Gasteiger partial charge in [0, 0.05) is 25.5 Å². The smallest absolute Gasteiger partial charge is 0.237 e. The molecule has 1 fully saturated rings. The number of imidazole rings is 1. The molecule has 0 spiro atoms. The Morgan fingerprint density at radius 1 is 1.48 bits per heavy atom. The largest absolute Gasteiger partial charge is 0.340 e. The van der Waals surface area contributed by atoms with E-state index in [1.807, 2.05) is 13.1 Å². The molecule has 21 heavy (non-hydrogen) atoms. The predicted molar refractivity (Wildman–Crippen MR) is 80.7 cm³/mol. The van der Waals surface area contributed by atoms with Crippen LogP contribution in [0.2, 0.25) is 0 Å². The molecule has 0 unspecified atom stereocenters. The lowest BCUT2D eigenvalue weighted by molar-refractivity contribution is -0.130. The van der Waals surface area contributed by atoms with E-state index < -0.39 is 15.1 Å². The van der Waals surface area contributed by atoms with Crippen LogP contribution in [0.1, 0.15) is 38.6 Å². The third-order valence-electron chi connectivity index (χ3n) is 4.05. The fourth-order valence-electron chi connectivity index (χ4n) is 2.61. The Morgan fingerprint density at radius 2 is 2.19 bits per heavy atom. The molecule has 1 aromatic rings. The van der Waals surface area contributed by atoms with Gasteiger partial charge in [0.1, 0.15) is 11.6 Å². The van der Waals surface area contributed by atoms with Crippen molar-refractivity contribution in [3.8, 4) is 0 Å². The molecule has 1 aliphatic rings. The van der Waals surface area contributed by atoms with Crippen LogP contribution in [-0.4, -0.2) is 52.9 Å². The van der Waals surface area contributed by atoms with Gasteiger partial charge in [-0.05, 0) is 33.6 Å². The van der Waals surface area contributed by atoms with Gasteiger partial charge in [0.2, 0.25) is 5.91 Å². The minimum absolute atomic E-state index is 0.187. The topological polar surface area (TPSA) is 72.3 Å². The first-order chi connectivity index (χ1) is 9.81. The third kappa shape index (κ3) is 3.64. The molecule has 0 radical (unpaired) electrons. The SMILES string of the molecule is Cc1nccn1[C@@H]1CCCN(C(=O)CS(=O)(=O)C(C)C)C1. The van der Waals surface area contributed by atoms with Gasteiger partial charge in [0.25, 0.3) is 0 Å². The summed E-state index contributed by atoms with van der Waals surface area (Å²) in [7, 11) is -3.34. The molecular formula is C14H23N3O3S. The zero-order valence-corrected chi connectivity index (χ0v) is 13.6. The summed E-state index contributed by atoms with van der Waals surface area (Å²) in [6.07, 6.45) is 5.53. The fraction of sp³-hybridized carbons (Fsp3) is 0.714. The predicted octanol–water partition coefficient (Wildman–Crippen LogP) is 1.18. The van der Waals surface area contributed by atoms with Crippen LogP contribution in [0.3, 0.4) is 0 Å². The second kappa shape index (κ2) is 6.17. The number of sulfone groups is 1. The van der Waals surface area contributed by atoms with Crippen molar-refractivity contribution in [3.63, 3.8) is 0 Å². The van der Waals surface area contributed by atoms with Crippen LogP contribution in [0.15, 0.2) is 12.4 Å². The Morgan fingerprint density at radius 3 is 2.76 bits per heavy atom. The number of piperidine rings is 1. The zero-order chi connectivity index (χ0) is 15.6. The minimum atomic E-state index is -3.34. The molecule has 1 amide bonds. The Labute approximate surface area is 126 Å². The van der Waals surface area contributed by atoms with Gasteiger partial charge >= 0.3 is 0 Å². The lowest BCUT2D eigenvalue weighted by Gasteiger charge is -2.34. The van der Waals surface area contributed by atoms with Gasteiger partial charge in [-0.25, -0.2) is 13.4 Å². The van der Waals surface area contributed by atoms with Crippen LogP contribution in [-0.2, 0) is 14.6 Å². The van der Waals surface area contributed by atoms with Crippen molar-refractivity contribution >= 4 is 15.7 Å². The molecule has 1 saturated heterocycles. The molecule has 1 atom stereocenters. The molecule has 0 saturated carbocycles. The van der Waals surface area contributed by atoms with E-state index in [0.717, 1.165) is 18.7 Å². The average molecular weight is 313 g/mol. The number of hydrogen-bond acceptors (Lipinski definition) is 4. The van der Waals surface area contributed by atoms with Gasteiger partial charge in [0.05, 0.1) is 11.3 Å². The highest BCUT2D eigenvalue weighted by Gasteiger charge is 2.29. The van der Waals surface area contributed by atoms with Crippen molar-refractivity contribution < 1.29 is 13.2 Å². The number of hydrogen-bond donors (Lipinski definition) is 0. The van der Waals surface area contributed by atoms with Crippen LogP contribution in [0.4, 0.5) is 0 Å². The van der Waals surface area contributed by atoms with Crippen molar-refractivity contribution in [2.45, 2.75) is 44.9 Å². The molecule has 0 bridgehead atoms. The van der Waals surface area contributed by atoms with Gasteiger partial charge in [-0.2, -0.15) is 0 Å². The minimum Gasteiger partial charge on any atom is -0.340 e. The van der Waals surface area contributed by atoms with E-state index in [1.165, 1.54) is 0 Å². The van der Waals surface area contributed by atoms with E-state index >= 15 is 0 Å². The van der Waals surface area contributed by atoms with Crippen molar-refractivity contribution in [1.29, 1.82) is 0 Å². The van der Waals surface area contributed by atoms with Crippen LogP contribution >= 0.6 is 0 Å². The quantitative estimate of drug-likeness (QED) is 0.837. The summed E-state index contributed by atoms with van der Waals surface area (Å²) < 4.78 is 25.8. The number of aryl methyl sites for hydroxylation is 1. The molecule has 2 heterocycles. The van der Waals surface area contributed by atoms with Crippen molar-refractivity contribution in [2.24, 2.45) is 0 Å². The number of amides is 1. The van der Waals surface area contributed by atoms with Crippen molar-refractivity contribution in [3.05, 3.63) is 18.2 Å². The summed E-state index contributed by atoms with van der Waals surface area (Å²) in [5, 5.41) is -0.516. The lowest BCUT2D eigenvalue weighted by Crippen LogP contribution is -2.44. The second-order valence-electron chi connectivity index (χ2n) is 5.87. The Balaban J connectivity index is 2.05. The maximum atomic E-state index is 12.2. The maximum absolute atomic E-state index is 12.2. The fourth-order valence-corrected chi connectivity index (χ4v) is 3.47. The van der Waals surface area contributed by atoms with E-state index in [4.69, 9.17) is 0 Å². The lowest BCUT2D eigenvalue weighted by atomic mass is 10.1. The molecule has 6 nitrogen and oxygen atoms in total. The van der Waals surface area contributed by atoms with E-state index in [1.54, 1.807) is 24.9 Å². The second-order valence-corrected chi connectivity index (χ2v) is 8.43. The first kappa shape index (κ1) is 16.0. The van der Waals surface area contributed by atoms with Gasteiger partial charge in [-0.1, -0.05) is 0 Å². The number of likely N-dealkylation sites (tertiary alicyclic amines) is 1. The monoisotopic (exact) mass is 313 g/mol. The summed E-state index contributed by atoms with van der Waals surface area (Å²) in [5.74, 6) is 0.246. The van der Waals surface area contributed by atoms with Crippen molar-refractivity contribution in [2.75, 3.05) is 18.8 Å². The first-order valence-corrected chi connectivity index (χ1v) is 9.01. The number of nitrogens with zero attached hydrogens (tertiary/aromatic N) is 3. The number of aromatic nitrogens is 2. The van der Waals surface area contributed by atoms with Crippen LogP contribution in [0.5, 0.6) is 0 Å².